The van der Waals surface area contributed by atoms with E-state index in [1.54, 1.807) is 0 Å². The summed E-state index contributed by atoms with van der Waals surface area (Å²) in [5, 5.41) is 4.25. The first-order valence-electron chi connectivity index (χ1n) is 13.8. The molecule has 1 aromatic heterocycles. The number of hydrogen-bond acceptors (Lipinski definition) is 3. The number of amides is 1. The van der Waals surface area contributed by atoms with Gasteiger partial charge in [-0.2, -0.15) is 0 Å². The molecule has 0 aliphatic carbocycles. The first-order chi connectivity index (χ1) is 18.6. The minimum Gasteiger partial charge on any atom is -0.483 e. The van der Waals surface area contributed by atoms with Gasteiger partial charge < -0.3 is 14.6 Å². The van der Waals surface area contributed by atoms with Crippen LogP contribution in [0.5, 0.6) is 5.75 Å². The molecule has 0 saturated carbocycles. The fourth-order valence-corrected chi connectivity index (χ4v) is 4.92. The molecule has 39 heavy (non-hydrogen) atoms. The van der Waals surface area contributed by atoms with Gasteiger partial charge >= 0.3 is 0 Å². The second kappa shape index (κ2) is 11.9. The van der Waals surface area contributed by atoms with E-state index < -0.39 is 6.10 Å². The molecule has 2 atom stereocenters. The molecule has 204 valence electrons. The van der Waals surface area contributed by atoms with E-state index in [9.17, 15) is 9.59 Å². The lowest BCUT2D eigenvalue weighted by molar-refractivity contribution is -0.115. The van der Waals surface area contributed by atoms with Crippen molar-refractivity contribution in [3.05, 3.63) is 100 Å². The summed E-state index contributed by atoms with van der Waals surface area (Å²) in [6.07, 6.45) is 0.393. The van der Waals surface area contributed by atoms with Gasteiger partial charge in [-0.1, -0.05) is 64.1 Å². The van der Waals surface area contributed by atoms with Crippen molar-refractivity contribution in [2.45, 2.75) is 73.1 Å². The van der Waals surface area contributed by atoms with Gasteiger partial charge in [0.1, 0.15) is 5.75 Å². The van der Waals surface area contributed by atoms with Crippen LogP contribution in [0.4, 0.5) is 0 Å². The second-order valence-corrected chi connectivity index (χ2v) is 11.2. The van der Waals surface area contributed by atoms with Crippen molar-refractivity contribution in [3.63, 3.8) is 0 Å². The van der Waals surface area contributed by atoms with Crippen LogP contribution in [0.15, 0.2) is 66.7 Å². The van der Waals surface area contributed by atoms with Gasteiger partial charge in [0.25, 0.3) is 5.91 Å². The average molecular weight is 525 g/mol. The second-order valence-electron chi connectivity index (χ2n) is 11.2. The van der Waals surface area contributed by atoms with Crippen LogP contribution >= 0.6 is 0 Å². The SMILES string of the molecule is Cc1c(C)n(Cc2cccc(O[C@H](C=O)C(C)C)c2)c2ccc(C(=O)N[C@@H](C)c3cccc(C(C)C)c3)cc12. The van der Waals surface area contributed by atoms with Crippen LogP contribution in [0, 0.1) is 19.8 Å². The van der Waals surface area contributed by atoms with Crippen LogP contribution in [0.1, 0.15) is 84.9 Å². The minimum atomic E-state index is -0.469. The van der Waals surface area contributed by atoms with E-state index in [1.807, 2.05) is 57.2 Å². The Morgan fingerprint density at radius 3 is 2.33 bits per heavy atom. The molecule has 3 aromatic carbocycles. The molecule has 1 heterocycles. The molecule has 0 saturated heterocycles. The van der Waals surface area contributed by atoms with E-state index in [4.69, 9.17) is 4.74 Å². The third-order valence-electron chi connectivity index (χ3n) is 7.63. The van der Waals surface area contributed by atoms with Gasteiger partial charge in [0, 0.05) is 28.7 Å². The number of carbonyl (C=O) groups is 2. The highest BCUT2D eigenvalue weighted by Gasteiger charge is 2.18. The third-order valence-corrected chi connectivity index (χ3v) is 7.63. The zero-order valence-corrected chi connectivity index (χ0v) is 24.1. The normalized spacial score (nSPS) is 13.1. The molecular weight excluding hydrogens is 484 g/mol. The molecule has 1 amide bonds. The van der Waals surface area contributed by atoms with Crippen molar-refractivity contribution in [1.82, 2.24) is 9.88 Å². The number of nitrogens with one attached hydrogen (secondary N) is 1. The molecule has 0 radical (unpaired) electrons. The highest BCUT2D eigenvalue weighted by atomic mass is 16.5. The molecule has 0 aliphatic heterocycles. The molecule has 0 aliphatic rings. The molecule has 0 bridgehead atoms. The van der Waals surface area contributed by atoms with Gasteiger partial charge in [0.15, 0.2) is 12.4 Å². The topological polar surface area (TPSA) is 60.3 Å². The maximum absolute atomic E-state index is 13.2. The number of aldehydes is 1. The number of carbonyl (C=O) groups excluding carboxylic acids is 2. The maximum atomic E-state index is 13.2. The smallest absolute Gasteiger partial charge is 0.251 e. The summed E-state index contributed by atoms with van der Waals surface area (Å²) in [6.45, 7) is 15.2. The molecule has 0 unspecified atom stereocenters. The zero-order valence-electron chi connectivity index (χ0n) is 24.1. The summed E-state index contributed by atoms with van der Waals surface area (Å²) in [4.78, 5) is 24.6. The van der Waals surface area contributed by atoms with Crippen LogP contribution in [-0.4, -0.2) is 22.9 Å². The molecule has 5 nitrogen and oxygen atoms in total. The van der Waals surface area contributed by atoms with Gasteiger partial charge in [-0.3, -0.25) is 9.59 Å². The van der Waals surface area contributed by atoms with Crippen molar-refractivity contribution in [1.29, 1.82) is 0 Å². The Labute approximate surface area is 232 Å². The number of aromatic nitrogens is 1. The van der Waals surface area contributed by atoms with Gasteiger partial charge in [-0.05, 0) is 85.2 Å². The number of aryl methyl sites for hydroxylation is 1. The first kappa shape index (κ1) is 28.2. The summed E-state index contributed by atoms with van der Waals surface area (Å²) in [7, 11) is 0. The summed E-state index contributed by atoms with van der Waals surface area (Å²) in [5.74, 6) is 1.15. The summed E-state index contributed by atoms with van der Waals surface area (Å²) < 4.78 is 8.20. The van der Waals surface area contributed by atoms with Crippen LogP contribution in [0.3, 0.4) is 0 Å². The number of ether oxygens (including phenoxy) is 1. The van der Waals surface area contributed by atoms with Gasteiger partial charge in [0.05, 0.1) is 6.04 Å². The zero-order chi connectivity index (χ0) is 28.3. The van der Waals surface area contributed by atoms with E-state index in [1.165, 1.54) is 5.56 Å². The Kier molecular flexibility index (Phi) is 8.59. The number of hydrogen-bond donors (Lipinski definition) is 1. The number of benzene rings is 3. The van der Waals surface area contributed by atoms with Gasteiger partial charge in [-0.15, -0.1) is 0 Å². The Balaban J connectivity index is 1.56. The predicted octanol–water partition coefficient (Wildman–Crippen LogP) is 7.52. The summed E-state index contributed by atoms with van der Waals surface area (Å²) in [5.41, 5.74) is 7.50. The van der Waals surface area contributed by atoms with E-state index in [0.29, 0.717) is 23.8 Å². The quantitative estimate of drug-likeness (QED) is 0.218. The van der Waals surface area contributed by atoms with Gasteiger partial charge in [0.2, 0.25) is 0 Å². The fourth-order valence-electron chi connectivity index (χ4n) is 4.92. The van der Waals surface area contributed by atoms with E-state index in [0.717, 1.165) is 39.6 Å². The monoisotopic (exact) mass is 524 g/mol. The van der Waals surface area contributed by atoms with Crippen molar-refractivity contribution in [3.8, 4) is 5.75 Å². The number of nitrogens with zero attached hydrogens (tertiary/aromatic N) is 1. The van der Waals surface area contributed by atoms with Crippen molar-refractivity contribution >= 4 is 23.1 Å². The van der Waals surface area contributed by atoms with Crippen LogP contribution in [0.2, 0.25) is 0 Å². The Morgan fingerprint density at radius 2 is 1.64 bits per heavy atom. The Hall–Kier alpha value is -3.86. The number of rotatable bonds is 10. The lowest BCUT2D eigenvalue weighted by Crippen LogP contribution is -2.26. The highest BCUT2D eigenvalue weighted by Crippen LogP contribution is 2.29. The van der Waals surface area contributed by atoms with Crippen LogP contribution < -0.4 is 10.1 Å². The number of fused-ring (bicyclic) bond motifs is 1. The molecule has 0 spiro atoms. The lowest BCUT2D eigenvalue weighted by atomic mass is 9.98. The largest absolute Gasteiger partial charge is 0.483 e. The first-order valence-corrected chi connectivity index (χ1v) is 13.8. The molecule has 4 rings (SSSR count). The highest BCUT2D eigenvalue weighted by molar-refractivity contribution is 5.99. The van der Waals surface area contributed by atoms with Crippen molar-refractivity contribution < 1.29 is 14.3 Å². The molecular formula is C34H40N2O3. The summed E-state index contributed by atoms with van der Waals surface area (Å²) in [6, 6.07) is 22.2. The van der Waals surface area contributed by atoms with E-state index >= 15 is 0 Å². The van der Waals surface area contributed by atoms with E-state index in [-0.39, 0.29) is 17.9 Å². The maximum Gasteiger partial charge on any atom is 0.251 e. The molecule has 5 heteroatoms. The van der Waals surface area contributed by atoms with Crippen molar-refractivity contribution in [2.24, 2.45) is 5.92 Å². The van der Waals surface area contributed by atoms with Gasteiger partial charge in [-0.25, -0.2) is 0 Å². The standard InChI is InChI=1S/C34H40N2O3/c1-21(2)27-11-9-12-28(17-27)24(6)35-34(38)29-14-15-32-31(18-29)23(5)25(7)36(32)19-26-10-8-13-30(16-26)39-33(20-37)22(3)4/h8-18,20-22,24,33H,19H2,1-7H3,(H,35,38)/t24-,33+/m0/s1. The minimum absolute atomic E-state index is 0.0797. The fraction of sp³-hybridized carbons (Fsp3) is 0.353. The third kappa shape index (κ3) is 6.25. The summed E-state index contributed by atoms with van der Waals surface area (Å²) >= 11 is 0. The molecule has 0 fully saturated rings. The Morgan fingerprint density at radius 1 is 0.923 bits per heavy atom. The Bertz CT molecular complexity index is 1480. The van der Waals surface area contributed by atoms with E-state index in [2.05, 4.69) is 67.9 Å². The molecule has 1 N–H and O–H groups in total. The molecule has 4 aromatic rings. The van der Waals surface area contributed by atoms with Crippen molar-refractivity contribution in [2.75, 3.05) is 0 Å². The van der Waals surface area contributed by atoms with Crippen LogP contribution in [0.25, 0.3) is 10.9 Å². The average Bonchev–Trinajstić information content (AvgIpc) is 3.16. The van der Waals surface area contributed by atoms with Crippen LogP contribution in [-0.2, 0) is 11.3 Å². The predicted molar refractivity (Wildman–Crippen MR) is 159 cm³/mol. The lowest BCUT2D eigenvalue weighted by Gasteiger charge is -2.18.